The van der Waals surface area contributed by atoms with Crippen molar-refractivity contribution in [2.45, 2.75) is 18.5 Å². The zero-order chi connectivity index (χ0) is 13.7. The van der Waals surface area contributed by atoms with E-state index in [2.05, 4.69) is 0 Å². The highest BCUT2D eigenvalue weighted by molar-refractivity contribution is 5.86. The molecule has 5 heteroatoms. The number of amides is 1. The van der Waals surface area contributed by atoms with Crippen LogP contribution in [0.3, 0.4) is 0 Å². The first-order valence-corrected chi connectivity index (χ1v) is 6.22. The molecule has 1 aromatic carbocycles. The van der Waals surface area contributed by atoms with E-state index in [4.69, 9.17) is 15.7 Å². The number of hydrogen-bond acceptors (Lipinski definition) is 4. The van der Waals surface area contributed by atoms with Gasteiger partial charge in [0.15, 0.2) is 0 Å². The first-order chi connectivity index (χ1) is 9.15. The van der Waals surface area contributed by atoms with Crippen LogP contribution in [0.2, 0.25) is 0 Å². The maximum atomic E-state index is 12.4. The summed E-state index contributed by atoms with van der Waals surface area (Å²) in [6, 6.07) is 11.6. The van der Waals surface area contributed by atoms with Crippen LogP contribution in [0.5, 0.6) is 0 Å². The van der Waals surface area contributed by atoms with Gasteiger partial charge in [-0.15, -0.1) is 0 Å². The van der Waals surface area contributed by atoms with Crippen molar-refractivity contribution in [2.24, 2.45) is 5.73 Å². The Bertz CT molecular complexity index is 475. The molecule has 0 aliphatic carbocycles. The molecule has 1 aliphatic rings. The van der Waals surface area contributed by atoms with Crippen molar-refractivity contribution >= 4 is 5.91 Å². The van der Waals surface area contributed by atoms with Crippen LogP contribution < -0.4 is 5.73 Å². The lowest BCUT2D eigenvalue weighted by Gasteiger charge is -2.29. The summed E-state index contributed by atoms with van der Waals surface area (Å²) < 4.78 is 5.20. The summed E-state index contributed by atoms with van der Waals surface area (Å²) in [6.45, 7) is 1.15. The molecule has 1 atom stereocenters. The van der Waals surface area contributed by atoms with Gasteiger partial charge in [0.05, 0.1) is 12.7 Å². The van der Waals surface area contributed by atoms with Crippen LogP contribution in [0.25, 0.3) is 0 Å². The average Bonchev–Trinajstić information content (AvgIpc) is 2.87. The van der Waals surface area contributed by atoms with Crippen LogP contribution in [-0.4, -0.2) is 36.1 Å². The number of ether oxygens (including phenoxy) is 1. The molecule has 2 rings (SSSR count). The van der Waals surface area contributed by atoms with Gasteiger partial charge < -0.3 is 15.4 Å². The van der Waals surface area contributed by atoms with Gasteiger partial charge in [0.1, 0.15) is 12.1 Å². The van der Waals surface area contributed by atoms with Gasteiger partial charge in [-0.3, -0.25) is 4.79 Å². The van der Waals surface area contributed by atoms with E-state index in [1.165, 1.54) is 4.90 Å². The highest BCUT2D eigenvalue weighted by Crippen LogP contribution is 2.19. The van der Waals surface area contributed by atoms with Gasteiger partial charge in [-0.1, -0.05) is 30.3 Å². The molecule has 0 radical (unpaired) electrons. The van der Waals surface area contributed by atoms with E-state index in [1.807, 2.05) is 36.4 Å². The fourth-order valence-corrected chi connectivity index (χ4v) is 2.15. The number of rotatable bonds is 4. The monoisotopic (exact) mass is 259 g/mol. The maximum absolute atomic E-state index is 12.4. The zero-order valence-corrected chi connectivity index (χ0v) is 10.7. The smallest absolute Gasteiger partial charge is 0.246 e. The maximum Gasteiger partial charge on any atom is 0.246 e. The summed E-state index contributed by atoms with van der Waals surface area (Å²) in [5.41, 5.74) is 6.06. The minimum absolute atomic E-state index is 0.0344. The third kappa shape index (κ3) is 3.11. The van der Waals surface area contributed by atoms with Gasteiger partial charge in [0.2, 0.25) is 5.91 Å². The lowest BCUT2D eigenvalue weighted by Crippen LogP contribution is -2.55. The van der Waals surface area contributed by atoms with Crippen molar-refractivity contribution < 1.29 is 9.53 Å². The number of nitriles is 1. The third-order valence-corrected chi connectivity index (χ3v) is 3.24. The van der Waals surface area contributed by atoms with E-state index in [9.17, 15) is 4.79 Å². The highest BCUT2D eigenvalue weighted by atomic mass is 16.5. The van der Waals surface area contributed by atoms with E-state index >= 15 is 0 Å². The molecule has 0 bridgehead atoms. The molecule has 2 N–H and O–H groups in total. The summed E-state index contributed by atoms with van der Waals surface area (Å²) in [5, 5.41) is 8.87. The second-order valence-corrected chi connectivity index (χ2v) is 4.76. The number of hydrogen-bond donors (Lipinski definition) is 1. The molecule has 0 aromatic heterocycles. The van der Waals surface area contributed by atoms with E-state index in [1.54, 1.807) is 0 Å². The Morgan fingerprint density at radius 3 is 2.79 bits per heavy atom. The Hall–Kier alpha value is -1.90. The van der Waals surface area contributed by atoms with Crippen molar-refractivity contribution in [1.82, 2.24) is 4.90 Å². The Kier molecular flexibility index (Phi) is 4.15. The summed E-state index contributed by atoms with van der Waals surface area (Å²) in [5.74, 6) is -0.213. The molecule has 1 unspecified atom stereocenters. The predicted octanol–water partition coefficient (Wildman–Crippen LogP) is 0.657. The summed E-state index contributed by atoms with van der Waals surface area (Å²) in [6.07, 6.45) is 0.503. The van der Waals surface area contributed by atoms with Gasteiger partial charge >= 0.3 is 0 Å². The first-order valence-electron chi connectivity index (χ1n) is 6.22. The fraction of sp³-hybridized carbons (Fsp3) is 0.429. The molecule has 1 aliphatic heterocycles. The quantitative estimate of drug-likeness (QED) is 0.805. The van der Waals surface area contributed by atoms with Crippen LogP contribution in [0.15, 0.2) is 30.3 Å². The molecule has 5 nitrogen and oxygen atoms in total. The number of nitrogens with zero attached hydrogens (tertiary/aromatic N) is 2. The third-order valence-electron chi connectivity index (χ3n) is 3.24. The largest absolute Gasteiger partial charge is 0.379 e. The summed E-state index contributed by atoms with van der Waals surface area (Å²) in [7, 11) is 0. The summed E-state index contributed by atoms with van der Waals surface area (Å²) in [4.78, 5) is 13.9. The van der Waals surface area contributed by atoms with Gasteiger partial charge in [0, 0.05) is 13.2 Å². The molecule has 1 heterocycles. The SMILES string of the molecule is N#CCN(Cc1ccccc1)C(=O)C1(N)CCOC1. The highest BCUT2D eigenvalue weighted by Gasteiger charge is 2.41. The second-order valence-electron chi connectivity index (χ2n) is 4.76. The zero-order valence-electron chi connectivity index (χ0n) is 10.7. The Morgan fingerprint density at radius 1 is 1.47 bits per heavy atom. The lowest BCUT2D eigenvalue weighted by atomic mass is 9.98. The van der Waals surface area contributed by atoms with Crippen molar-refractivity contribution in [3.63, 3.8) is 0 Å². The van der Waals surface area contributed by atoms with Gasteiger partial charge in [-0.2, -0.15) is 5.26 Å². The van der Waals surface area contributed by atoms with Crippen LogP contribution >= 0.6 is 0 Å². The average molecular weight is 259 g/mol. The van der Waals surface area contributed by atoms with Crippen LogP contribution in [-0.2, 0) is 16.1 Å². The van der Waals surface area contributed by atoms with Gasteiger partial charge in [0.25, 0.3) is 0 Å². The second kappa shape index (κ2) is 5.83. The minimum atomic E-state index is -0.981. The molecule has 1 amide bonds. The molecule has 0 saturated carbocycles. The van der Waals surface area contributed by atoms with E-state index in [-0.39, 0.29) is 19.1 Å². The first kappa shape index (κ1) is 13.5. The van der Waals surface area contributed by atoms with Crippen molar-refractivity contribution in [3.8, 4) is 6.07 Å². The fourth-order valence-electron chi connectivity index (χ4n) is 2.15. The standard InChI is InChI=1S/C14H17N3O2/c15-7-8-17(10-12-4-2-1-3-5-12)13(18)14(16)6-9-19-11-14/h1-5H,6,8-11,16H2. The van der Waals surface area contributed by atoms with Gasteiger partial charge in [-0.05, 0) is 12.0 Å². The van der Waals surface area contributed by atoms with Crippen LogP contribution in [0, 0.1) is 11.3 Å². The molecule has 100 valence electrons. The number of nitrogens with two attached hydrogens (primary N) is 1. The van der Waals surface area contributed by atoms with Crippen molar-refractivity contribution in [3.05, 3.63) is 35.9 Å². The van der Waals surface area contributed by atoms with E-state index in [0.717, 1.165) is 5.56 Å². The number of carbonyl (C=O) groups is 1. The Balaban J connectivity index is 2.12. The molecule has 1 fully saturated rings. The summed E-state index contributed by atoms with van der Waals surface area (Å²) >= 11 is 0. The van der Waals surface area contributed by atoms with Crippen molar-refractivity contribution in [2.75, 3.05) is 19.8 Å². The van der Waals surface area contributed by atoms with Crippen LogP contribution in [0.1, 0.15) is 12.0 Å². The molecular formula is C14H17N3O2. The molecule has 0 spiro atoms. The van der Waals surface area contributed by atoms with Crippen LogP contribution in [0.4, 0.5) is 0 Å². The molecule has 1 aromatic rings. The lowest BCUT2D eigenvalue weighted by molar-refractivity contribution is -0.137. The molecule has 1 saturated heterocycles. The van der Waals surface area contributed by atoms with Gasteiger partial charge in [-0.25, -0.2) is 0 Å². The molecule has 19 heavy (non-hydrogen) atoms. The topological polar surface area (TPSA) is 79.4 Å². The Morgan fingerprint density at radius 2 is 2.21 bits per heavy atom. The normalized spacial score (nSPS) is 21.9. The molecular weight excluding hydrogens is 242 g/mol. The Labute approximate surface area is 112 Å². The van der Waals surface area contributed by atoms with E-state index in [0.29, 0.717) is 19.6 Å². The number of benzene rings is 1. The van der Waals surface area contributed by atoms with E-state index < -0.39 is 5.54 Å². The predicted molar refractivity (Wildman–Crippen MR) is 69.8 cm³/mol. The van der Waals surface area contributed by atoms with Crippen molar-refractivity contribution in [1.29, 1.82) is 5.26 Å². The number of carbonyl (C=O) groups excluding carboxylic acids is 1. The minimum Gasteiger partial charge on any atom is -0.379 e.